The molecule has 0 radical (unpaired) electrons. The second-order valence-electron chi connectivity index (χ2n) is 7.41. The van der Waals surface area contributed by atoms with Gasteiger partial charge in [0, 0.05) is 56.2 Å². The van der Waals surface area contributed by atoms with E-state index in [1.807, 2.05) is 27.7 Å². The maximum atomic E-state index is 3.70. The van der Waals surface area contributed by atoms with Gasteiger partial charge >= 0.3 is 0 Å². The lowest BCUT2D eigenvalue weighted by Gasteiger charge is -2.35. The van der Waals surface area contributed by atoms with E-state index in [0.29, 0.717) is 0 Å². The van der Waals surface area contributed by atoms with Gasteiger partial charge in [0.05, 0.1) is 6.04 Å². The molecule has 172 valence electrons. The topological polar surface area (TPSA) is 51.4 Å². The van der Waals surface area contributed by atoms with Gasteiger partial charge in [-0.05, 0) is 30.2 Å². The highest BCUT2D eigenvalue weighted by Gasteiger charge is 2.23. The third kappa shape index (κ3) is 6.79. The van der Waals surface area contributed by atoms with Crippen molar-refractivity contribution >= 4 is 11.4 Å². The minimum atomic E-state index is 0.220. The number of nitrogens with one attached hydrogen (secondary N) is 4. The van der Waals surface area contributed by atoms with Crippen LogP contribution in [0, 0.1) is 0 Å². The molecule has 0 bridgehead atoms. The summed E-state index contributed by atoms with van der Waals surface area (Å²) >= 11 is 0. The second kappa shape index (κ2) is 13.8. The molecule has 3 aliphatic rings. The molecule has 1 atom stereocenters. The number of hydrogen-bond acceptors (Lipinski definition) is 5. The first-order chi connectivity index (χ1) is 15.3. The van der Waals surface area contributed by atoms with Crippen LogP contribution in [0.1, 0.15) is 53.0 Å². The summed E-state index contributed by atoms with van der Waals surface area (Å²) in [5, 5.41) is 14.4. The molecule has 4 N–H and O–H groups in total. The summed E-state index contributed by atoms with van der Waals surface area (Å²) in [5.74, 6) is 1.25. The maximum absolute atomic E-state index is 3.70. The zero-order valence-corrected chi connectivity index (χ0v) is 20.2. The Morgan fingerprint density at radius 2 is 1.77 bits per heavy atom. The molecule has 0 aliphatic carbocycles. The molecule has 0 saturated carbocycles. The van der Waals surface area contributed by atoms with Gasteiger partial charge in [-0.15, -0.1) is 0 Å². The van der Waals surface area contributed by atoms with E-state index in [4.69, 9.17) is 0 Å². The Hall–Kier alpha value is -2.40. The Morgan fingerprint density at radius 3 is 2.45 bits per heavy atom. The van der Waals surface area contributed by atoms with Gasteiger partial charge in [-0.1, -0.05) is 65.3 Å². The molecule has 0 spiro atoms. The van der Waals surface area contributed by atoms with Crippen molar-refractivity contribution in [2.75, 3.05) is 44.6 Å². The number of unbranched alkanes of at least 4 members (excludes halogenated alkanes) is 1. The highest BCUT2D eigenvalue weighted by Crippen LogP contribution is 2.30. The van der Waals surface area contributed by atoms with Gasteiger partial charge in [0.15, 0.2) is 0 Å². The summed E-state index contributed by atoms with van der Waals surface area (Å²) in [6.07, 6.45) is 9.27. The monoisotopic (exact) mass is 425 g/mol. The summed E-state index contributed by atoms with van der Waals surface area (Å²) in [7, 11) is 0. The van der Waals surface area contributed by atoms with Crippen LogP contribution < -0.4 is 21.3 Å². The Labute approximate surface area is 190 Å². The van der Waals surface area contributed by atoms with Gasteiger partial charge in [-0.25, -0.2) is 0 Å². The van der Waals surface area contributed by atoms with E-state index in [1.54, 1.807) is 0 Å². The van der Waals surface area contributed by atoms with Crippen molar-refractivity contribution in [2.45, 2.75) is 53.5 Å². The molecule has 5 nitrogen and oxygen atoms in total. The molecule has 4 rings (SSSR count). The Bertz CT molecular complexity index is 744. The predicted molar refractivity (Wildman–Crippen MR) is 136 cm³/mol. The van der Waals surface area contributed by atoms with Gasteiger partial charge in [0.25, 0.3) is 0 Å². The van der Waals surface area contributed by atoms with Crippen molar-refractivity contribution in [3.05, 3.63) is 59.5 Å². The quantitative estimate of drug-likeness (QED) is 0.504. The van der Waals surface area contributed by atoms with Crippen molar-refractivity contribution < 1.29 is 0 Å². The molecule has 3 heterocycles. The third-order valence-electron chi connectivity index (χ3n) is 5.49. The summed E-state index contributed by atoms with van der Waals surface area (Å²) in [4.78, 5) is 2.43. The highest BCUT2D eigenvalue weighted by atomic mass is 15.3. The summed E-state index contributed by atoms with van der Waals surface area (Å²) in [5.41, 5.74) is 5.10. The molecule has 1 aromatic carbocycles. The molecular formula is C26H43N5. The van der Waals surface area contributed by atoms with Gasteiger partial charge < -0.3 is 26.2 Å². The minimum absolute atomic E-state index is 0.220. The van der Waals surface area contributed by atoms with E-state index in [-0.39, 0.29) is 6.04 Å². The normalized spacial score (nSPS) is 19.5. The number of benzene rings is 1. The average molecular weight is 426 g/mol. The molecule has 1 aromatic rings. The van der Waals surface area contributed by atoms with Crippen molar-refractivity contribution in [1.29, 1.82) is 0 Å². The molecule has 1 unspecified atom stereocenters. The van der Waals surface area contributed by atoms with Crippen molar-refractivity contribution in [3.63, 3.8) is 0 Å². The number of nitrogens with zero attached hydrogens (tertiary/aromatic N) is 1. The highest BCUT2D eigenvalue weighted by molar-refractivity contribution is 5.80. The van der Waals surface area contributed by atoms with E-state index in [2.05, 4.69) is 75.6 Å². The fourth-order valence-corrected chi connectivity index (χ4v) is 3.90. The number of anilines is 1. The molecule has 0 aromatic heterocycles. The molecule has 5 heteroatoms. The van der Waals surface area contributed by atoms with Crippen LogP contribution in [0.25, 0.3) is 5.70 Å². The number of fused-ring (bicyclic) bond motifs is 1. The van der Waals surface area contributed by atoms with Crippen LogP contribution in [0.5, 0.6) is 0 Å². The number of piperazine rings is 1. The zero-order chi connectivity index (χ0) is 22.5. The number of allylic oxidation sites excluding steroid dienone is 2. The van der Waals surface area contributed by atoms with Crippen LogP contribution in [0.2, 0.25) is 0 Å². The number of hydrogen-bond donors (Lipinski definition) is 4. The first-order valence-corrected chi connectivity index (χ1v) is 12.3. The zero-order valence-electron chi connectivity index (χ0n) is 20.2. The average Bonchev–Trinajstić information content (AvgIpc) is 2.87. The smallest absolute Gasteiger partial charge is 0.102 e. The standard InChI is InChI=1S/C22H31N5.2C2H6/c1-2-3-10-24-21-15-20(26-19-7-5-4-6-18(19)21)17-8-9-22(25-16-17)27-13-11-23-12-14-27;2*1-2/h4-9,15,20,23-26H,2-3,10-14,16H2,1H3;2*1-2H3. The summed E-state index contributed by atoms with van der Waals surface area (Å²) in [6.45, 7) is 16.4. The number of rotatable bonds is 6. The largest absolute Gasteiger partial charge is 0.385 e. The van der Waals surface area contributed by atoms with Crippen LogP contribution in [-0.4, -0.2) is 50.2 Å². The lowest BCUT2D eigenvalue weighted by atomic mass is 9.96. The van der Waals surface area contributed by atoms with E-state index in [1.165, 1.54) is 41.2 Å². The Balaban J connectivity index is 0.000000807. The molecule has 1 fully saturated rings. The summed E-state index contributed by atoms with van der Waals surface area (Å²) < 4.78 is 0. The van der Waals surface area contributed by atoms with Crippen LogP contribution in [0.4, 0.5) is 5.69 Å². The minimum Gasteiger partial charge on any atom is -0.385 e. The molecule has 3 aliphatic heterocycles. The van der Waals surface area contributed by atoms with Crippen LogP contribution >= 0.6 is 0 Å². The Kier molecular flexibility index (Phi) is 11.1. The van der Waals surface area contributed by atoms with Crippen LogP contribution in [0.3, 0.4) is 0 Å². The molecule has 1 saturated heterocycles. The van der Waals surface area contributed by atoms with E-state index >= 15 is 0 Å². The Morgan fingerprint density at radius 1 is 1.03 bits per heavy atom. The second-order valence-corrected chi connectivity index (χ2v) is 7.41. The molecule has 0 amide bonds. The van der Waals surface area contributed by atoms with E-state index in [0.717, 1.165) is 39.3 Å². The molecule has 31 heavy (non-hydrogen) atoms. The predicted octanol–water partition coefficient (Wildman–Crippen LogP) is 4.54. The maximum Gasteiger partial charge on any atom is 0.102 e. The van der Waals surface area contributed by atoms with E-state index in [9.17, 15) is 0 Å². The van der Waals surface area contributed by atoms with Gasteiger partial charge in [-0.2, -0.15) is 0 Å². The lowest BCUT2D eigenvalue weighted by molar-refractivity contribution is 0.281. The van der Waals surface area contributed by atoms with Crippen molar-refractivity contribution in [1.82, 2.24) is 20.9 Å². The fourth-order valence-electron chi connectivity index (χ4n) is 3.90. The van der Waals surface area contributed by atoms with Crippen LogP contribution in [0.15, 0.2) is 53.9 Å². The lowest BCUT2D eigenvalue weighted by Crippen LogP contribution is -2.47. The van der Waals surface area contributed by atoms with Crippen LogP contribution in [-0.2, 0) is 0 Å². The van der Waals surface area contributed by atoms with E-state index < -0.39 is 0 Å². The van der Waals surface area contributed by atoms with Gasteiger partial charge in [-0.3, -0.25) is 0 Å². The summed E-state index contributed by atoms with van der Waals surface area (Å²) in [6, 6.07) is 8.81. The van der Waals surface area contributed by atoms with Crippen molar-refractivity contribution in [3.8, 4) is 0 Å². The SMILES string of the molecule is CC.CC.CCCCNC1=CC(C2=CC=C(N3CCNCC3)NC2)Nc2ccccc21. The molecular weight excluding hydrogens is 382 g/mol. The van der Waals surface area contributed by atoms with Gasteiger partial charge in [0.2, 0.25) is 0 Å². The third-order valence-corrected chi connectivity index (χ3v) is 5.49. The first-order valence-electron chi connectivity index (χ1n) is 12.3. The first kappa shape index (κ1) is 24.9. The van der Waals surface area contributed by atoms with Gasteiger partial charge in [0.1, 0.15) is 5.82 Å². The van der Waals surface area contributed by atoms with Crippen molar-refractivity contribution in [2.24, 2.45) is 0 Å². The number of para-hydroxylation sites is 1. The fraction of sp³-hybridized carbons (Fsp3) is 0.538. The number of dihydropyridines is 1.